The van der Waals surface area contributed by atoms with Gasteiger partial charge in [-0.25, -0.2) is 9.37 Å². The number of benzene rings is 2. The molecule has 1 saturated carbocycles. The van der Waals surface area contributed by atoms with Crippen LogP contribution in [0.25, 0.3) is 0 Å². The Labute approximate surface area is 209 Å². The van der Waals surface area contributed by atoms with Crippen molar-refractivity contribution in [2.45, 2.75) is 45.7 Å². The zero-order chi connectivity index (χ0) is 25.4. The maximum atomic E-state index is 15.0. The molecule has 1 fully saturated rings. The van der Waals surface area contributed by atoms with Gasteiger partial charge in [0.05, 0.1) is 5.69 Å². The van der Waals surface area contributed by atoms with Crippen molar-refractivity contribution in [2.75, 3.05) is 33.1 Å². The predicted octanol–water partition coefficient (Wildman–Crippen LogP) is 4.47. The molecule has 0 unspecified atom stereocenters. The van der Waals surface area contributed by atoms with Crippen LogP contribution in [0.15, 0.2) is 48.3 Å². The number of carbonyl (C=O) groups is 1. The number of nitrogens with one attached hydrogen (secondary N) is 1. The van der Waals surface area contributed by atoms with Gasteiger partial charge in [0.15, 0.2) is 0 Å². The summed E-state index contributed by atoms with van der Waals surface area (Å²) in [6.45, 7) is 5.10. The van der Waals surface area contributed by atoms with Gasteiger partial charge in [-0.2, -0.15) is 4.98 Å². The highest BCUT2D eigenvalue weighted by Crippen LogP contribution is 2.38. The van der Waals surface area contributed by atoms with Crippen molar-refractivity contribution < 1.29 is 9.18 Å². The number of carbonyl (C=O) groups excluding carboxylic acids is 1. The Hall–Kier alpha value is -4.14. The van der Waals surface area contributed by atoms with Gasteiger partial charge in [0.1, 0.15) is 17.9 Å². The van der Waals surface area contributed by atoms with Crippen molar-refractivity contribution in [3.05, 3.63) is 70.8 Å². The maximum absolute atomic E-state index is 15.0. The lowest BCUT2D eigenvalue weighted by Crippen LogP contribution is -2.21. The van der Waals surface area contributed by atoms with Gasteiger partial charge in [-0.3, -0.25) is 4.79 Å². The van der Waals surface area contributed by atoms with E-state index in [-0.39, 0.29) is 11.8 Å². The number of nitrogen functional groups attached to an aromatic ring is 2. The van der Waals surface area contributed by atoms with E-state index in [0.717, 1.165) is 60.3 Å². The molecule has 8 nitrogen and oxygen atoms in total. The molecule has 1 aromatic heterocycles. The standard InChI is InChI=1S/C27H30FN7O/c1-16(15-36)13-35(21-4-5-21)25-11-23(22(28)9-17(25)2)32-20-3-6-24-18(10-20)7-8-34(24)14-19-12-31-27(30)33-26(19)29/h3,6,9-13,15,21,32H,4-5,7-8,14H2,1-2H3,(H4,29,30,31,33)/b16-13-. The summed E-state index contributed by atoms with van der Waals surface area (Å²) in [4.78, 5) is 23.7. The van der Waals surface area contributed by atoms with Crippen LogP contribution in [-0.4, -0.2) is 28.8 Å². The van der Waals surface area contributed by atoms with Crippen molar-refractivity contribution in [2.24, 2.45) is 0 Å². The molecule has 36 heavy (non-hydrogen) atoms. The van der Waals surface area contributed by atoms with E-state index in [2.05, 4.69) is 31.2 Å². The number of allylic oxidation sites excluding steroid dienone is 1. The molecule has 0 radical (unpaired) electrons. The highest BCUT2D eigenvalue weighted by Gasteiger charge is 2.30. The van der Waals surface area contributed by atoms with Gasteiger partial charge < -0.3 is 26.6 Å². The molecule has 0 spiro atoms. The van der Waals surface area contributed by atoms with Crippen molar-refractivity contribution in [3.8, 4) is 0 Å². The van der Waals surface area contributed by atoms with E-state index in [9.17, 15) is 9.18 Å². The molecule has 2 aliphatic rings. The summed E-state index contributed by atoms with van der Waals surface area (Å²) in [6.07, 6.45) is 7.34. The normalized spacial score (nSPS) is 15.1. The number of nitrogens with zero attached hydrogens (tertiary/aromatic N) is 4. The molecule has 0 atom stereocenters. The molecule has 2 aromatic carbocycles. The Morgan fingerprint density at radius 2 is 2.08 bits per heavy atom. The lowest BCUT2D eigenvalue weighted by molar-refractivity contribution is -0.104. The van der Waals surface area contributed by atoms with Gasteiger partial charge in [-0.05, 0) is 74.6 Å². The van der Waals surface area contributed by atoms with E-state index < -0.39 is 0 Å². The third kappa shape index (κ3) is 4.82. The average molecular weight is 488 g/mol. The van der Waals surface area contributed by atoms with E-state index in [1.165, 1.54) is 5.56 Å². The predicted molar refractivity (Wildman–Crippen MR) is 142 cm³/mol. The number of hydrogen-bond acceptors (Lipinski definition) is 8. The largest absolute Gasteiger partial charge is 0.383 e. The minimum Gasteiger partial charge on any atom is -0.383 e. The van der Waals surface area contributed by atoms with Gasteiger partial charge in [0.2, 0.25) is 5.95 Å². The highest BCUT2D eigenvalue weighted by atomic mass is 19.1. The van der Waals surface area contributed by atoms with E-state index in [4.69, 9.17) is 11.5 Å². The fourth-order valence-electron chi connectivity index (χ4n) is 4.64. The van der Waals surface area contributed by atoms with Crippen LogP contribution in [0.2, 0.25) is 0 Å². The summed E-state index contributed by atoms with van der Waals surface area (Å²) in [5, 5.41) is 3.27. The summed E-state index contributed by atoms with van der Waals surface area (Å²) in [5.41, 5.74) is 18.3. The van der Waals surface area contributed by atoms with Crippen LogP contribution in [0, 0.1) is 12.7 Å². The van der Waals surface area contributed by atoms with Gasteiger partial charge in [0.25, 0.3) is 0 Å². The third-order valence-corrected chi connectivity index (χ3v) is 6.66. The van der Waals surface area contributed by atoms with E-state index >= 15 is 0 Å². The molecular weight excluding hydrogens is 457 g/mol. The number of hydrogen-bond donors (Lipinski definition) is 3. The first-order valence-electron chi connectivity index (χ1n) is 12.1. The van der Waals surface area contributed by atoms with Crippen LogP contribution in [0.4, 0.5) is 38.9 Å². The number of rotatable bonds is 8. The number of nitrogens with two attached hydrogens (primary N) is 2. The van der Waals surface area contributed by atoms with Crippen molar-refractivity contribution in [3.63, 3.8) is 0 Å². The van der Waals surface area contributed by atoms with Crippen molar-refractivity contribution >= 4 is 40.8 Å². The number of aromatic nitrogens is 2. The van der Waals surface area contributed by atoms with Crippen LogP contribution < -0.4 is 26.6 Å². The Morgan fingerprint density at radius 3 is 2.81 bits per heavy atom. The number of anilines is 6. The smallest absolute Gasteiger partial charge is 0.221 e. The molecule has 3 aromatic rings. The molecule has 5 rings (SSSR count). The summed E-state index contributed by atoms with van der Waals surface area (Å²) in [5.74, 6) is 0.234. The average Bonchev–Trinajstić information content (AvgIpc) is 3.62. The second-order valence-corrected chi connectivity index (χ2v) is 9.53. The van der Waals surface area contributed by atoms with Crippen molar-refractivity contribution in [1.82, 2.24) is 9.97 Å². The first-order valence-corrected chi connectivity index (χ1v) is 12.1. The molecule has 0 saturated heterocycles. The molecule has 186 valence electrons. The molecule has 1 aliphatic heterocycles. The Balaban J connectivity index is 1.38. The molecular formula is C27H30FN7O. The summed E-state index contributed by atoms with van der Waals surface area (Å²) in [7, 11) is 0. The number of halogens is 1. The van der Waals surface area contributed by atoms with Gasteiger partial charge >= 0.3 is 0 Å². The van der Waals surface area contributed by atoms with Crippen LogP contribution in [-0.2, 0) is 17.8 Å². The maximum Gasteiger partial charge on any atom is 0.221 e. The summed E-state index contributed by atoms with van der Waals surface area (Å²) < 4.78 is 15.0. The molecule has 0 amide bonds. The molecule has 5 N–H and O–H groups in total. The second-order valence-electron chi connectivity index (χ2n) is 9.53. The fraction of sp³-hybridized carbons (Fsp3) is 0.296. The monoisotopic (exact) mass is 487 g/mol. The second kappa shape index (κ2) is 9.49. The minimum atomic E-state index is -0.316. The van der Waals surface area contributed by atoms with E-state index in [0.29, 0.717) is 29.7 Å². The van der Waals surface area contributed by atoms with E-state index in [1.54, 1.807) is 19.2 Å². The van der Waals surface area contributed by atoms with Gasteiger partial charge in [-0.15, -0.1) is 0 Å². The quantitative estimate of drug-likeness (QED) is 0.315. The molecule has 2 heterocycles. The molecule has 0 bridgehead atoms. The van der Waals surface area contributed by atoms with Crippen LogP contribution in [0.5, 0.6) is 0 Å². The first kappa shape index (κ1) is 23.6. The highest BCUT2D eigenvalue weighted by molar-refractivity contribution is 5.76. The molecule has 9 heteroatoms. The lowest BCUT2D eigenvalue weighted by atomic mass is 10.1. The van der Waals surface area contributed by atoms with Crippen molar-refractivity contribution in [1.29, 1.82) is 0 Å². The zero-order valence-corrected chi connectivity index (χ0v) is 20.5. The number of aryl methyl sites for hydroxylation is 1. The third-order valence-electron chi connectivity index (χ3n) is 6.66. The molecule has 1 aliphatic carbocycles. The van der Waals surface area contributed by atoms with E-state index in [1.807, 2.05) is 31.3 Å². The Bertz CT molecular complexity index is 1350. The zero-order valence-electron chi connectivity index (χ0n) is 20.5. The first-order chi connectivity index (χ1) is 17.3. The lowest BCUT2D eigenvalue weighted by Gasteiger charge is -2.24. The van der Waals surface area contributed by atoms with Gasteiger partial charge in [0, 0.05) is 59.7 Å². The summed E-state index contributed by atoms with van der Waals surface area (Å²) in [6, 6.07) is 9.77. The van der Waals surface area contributed by atoms with Crippen LogP contribution in [0.1, 0.15) is 36.5 Å². The summed E-state index contributed by atoms with van der Waals surface area (Å²) >= 11 is 0. The SMILES string of the molecule is C/C(C=O)=C/N(c1cc(Nc2ccc3c(c2)CCN3Cc2cnc(N)nc2N)c(F)cc1C)C1CC1. The minimum absolute atomic E-state index is 0.162. The number of aldehydes is 1. The fourth-order valence-corrected chi connectivity index (χ4v) is 4.64. The van der Waals surface area contributed by atoms with Gasteiger partial charge in [-0.1, -0.05) is 0 Å². The number of fused-ring (bicyclic) bond motifs is 1. The topological polar surface area (TPSA) is 113 Å². The Kier molecular flexibility index (Phi) is 6.22. The Morgan fingerprint density at radius 1 is 1.28 bits per heavy atom. The van der Waals surface area contributed by atoms with Crippen LogP contribution >= 0.6 is 0 Å². The van der Waals surface area contributed by atoms with Crippen LogP contribution in [0.3, 0.4) is 0 Å².